The zero-order valence-corrected chi connectivity index (χ0v) is 21.7. The molecule has 1 saturated heterocycles. The molecule has 2 aliphatic rings. The van der Waals surface area contributed by atoms with Crippen molar-refractivity contribution in [2.24, 2.45) is 17.6 Å². The highest BCUT2D eigenvalue weighted by molar-refractivity contribution is 5.88. The molecule has 3 atom stereocenters. The molecule has 0 aromatic carbocycles. The fourth-order valence-electron chi connectivity index (χ4n) is 3.57. The number of primary amides is 1. The van der Waals surface area contributed by atoms with E-state index in [1.165, 1.54) is 24.2 Å². The molecule has 2 rings (SSSR count). The third-order valence-corrected chi connectivity index (χ3v) is 5.60. The summed E-state index contributed by atoms with van der Waals surface area (Å²) >= 11 is 0. The first-order chi connectivity index (χ1) is 16.8. The number of hydrogen-bond donors (Lipinski definition) is 3. The molecule has 0 aromatic heterocycles. The number of nitrogens with one attached hydrogen (secondary N) is 1. The number of carbonyl (C=O) groups excluding carboxylic acids is 2. The van der Waals surface area contributed by atoms with E-state index < -0.39 is 17.9 Å². The molecule has 1 aliphatic heterocycles. The van der Waals surface area contributed by atoms with Gasteiger partial charge in [0.05, 0.1) is 12.5 Å². The molecule has 1 saturated carbocycles. The average Bonchev–Trinajstić information content (AvgIpc) is 3.46. The second kappa shape index (κ2) is 19.2. The summed E-state index contributed by atoms with van der Waals surface area (Å²) < 4.78 is 0. The van der Waals surface area contributed by atoms with Crippen LogP contribution in [0.3, 0.4) is 0 Å². The summed E-state index contributed by atoms with van der Waals surface area (Å²) in [6, 6.07) is -0.471. The minimum Gasteiger partial charge on any atom is -0.481 e. The second-order valence-corrected chi connectivity index (χ2v) is 8.22. The maximum Gasteiger partial charge on any atom is 0.307 e. The average molecular weight is 488 g/mol. The van der Waals surface area contributed by atoms with Crippen LogP contribution in [0.2, 0.25) is 0 Å². The number of carbonyl (C=O) groups is 3. The van der Waals surface area contributed by atoms with Crippen molar-refractivity contribution in [1.29, 1.82) is 0 Å². The summed E-state index contributed by atoms with van der Waals surface area (Å²) in [5, 5.41) is 11.6. The van der Waals surface area contributed by atoms with Crippen LogP contribution >= 0.6 is 0 Å². The van der Waals surface area contributed by atoms with Crippen molar-refractivity contribution in [1.82, 2.24) is 10.2 Å². The summed E-state index contributed by atoms with van der Waals surface area (Å²) in [5.74, 6) is -0.958. The minimum atomic E-state index is -0.636. The summed E-state index contributed by atoms with van der Waals surface area (Å²) in [6.07, 6.45) is 20.0. The van der Waals surface area contributed by atoms with Gasteiger partial charge in [-0.15, -0.1) is 0 Å². The molecule has 0 aromatic rings. The van der Waals surface area contributed by atoms with Crippen molar-refractivity contribution in [2.45, 2.75) is 71.8 Å². The van der Waals surface area contributed by atoms with E-state index in [4.69, 9.17) is 10.8 Å². The number of nitrogens with two attached hydrogens (primary N) is 1. The van der Waals surface area contributed by atoms with Crippen LogP contribution in [0.5, 0.6) is 0 Å². The van der Waals surface area contributed by atoms with E-state index in [2.05, 4.69) is 37.6 Å². The van der Waals surface area contributed by atoms with Crippen LogP contribution in [0.25, 0.3) is 0 Å². The normalized spacial score (nSPS) is 20.9. The number of unbranched alkanes of at least 4 members (excludes halogenated alkanes) is 3. The van der Waals surface area contributed by atoms with Crippen molar-refractivity contribution in [3.05, 3.63) is 61.4 Å². The van der Waals surface area contributed by atoms with Crippen LogP contribution < -0.4 is 11.1 Å². The van der Waals surface area contributed by atoms with Gasteiger partial charge in [0, 0.05) is 12.2 Å². The molecule has 7 heteroatoms. The van der Waals surface area contributed by atoms with Crippen LogP contribution in [0, 0.1) is 11.8 Å². The molecule has 2 amide bonds. The van der Waals surface area contributed by atoms with Gasteiger partial charge in [-0.05, 0) is 50.2 Å². The maximum atomic E-state index is 12.1. The number of hydrogen-bond acceptors (Lipinski definition) is 4. The van der Waals surface area contributed by atoms with E-state index in [1.807, 2.05) is 13.8 Å². The van der Waals surface area contributed by atoms with Crippen LogP contribution in [0.15, 0.2) is 61.4 Å². The van der Waals surface area contributed by atoms with Gasteiger partial charge < -0.3 is 21.1 Å². The molecule has 0 radical (unpaired) electrons. The van der Waals surface area contributed by atoms with Crippen molar-refractivity contribution in [3.8, 4) is 0 Å². The molecule has 196 valence electrons. The molecule has 3 unspecified atom stereocenters. The van der Waals surface area contributed by atoms with Crippen LogP contribution in [0.1, 0.15) is 65.7 Å². The van der Waals surface area contributed by atoms with Gasteiger partial charge in [0.1, 0.15) is 6.04 Å². The lowest BCUT2D eigenvalue weighted by molar-refractivity contribution is -0.138. The van der Waals surface area contributed by atoms with E-state index in [9.17, 15) is 14.4 Å². The van der Waals surface area contributed by atoms with Gasteiger partial charge in [0.25, 0.3) is 0 Å². The molecule has 0 spiro atoms. The number of rotatable bonds is 13. The molecule has 2 fully saturated rings. The van der Waals surface area contributed by atoms with Gasteiger partial charge >= 0.3 is 5.97 Å². The first kappa shape index (κ1) is 31.9. The zero-order valence-electron chi connectivity index (χ0n) is 21.7. The summed E-state index contributed by atoms with van der Waals surface area (Å²) in [6.45, 7) is 14.1. The van der Waals surface area contributed by atoms with Crippen molar-refractivity contribution in [2.75, 3.05) is 13.1 Å². The molecule has 1 aliphatic carbocycles. The second-order valence-electron chi connectivity index (χ2n) is 8.22. The highest BCUT2D eigenvalue weighted by atomic mass is 16.4. The number of carboxylic acids is 1. The topological polar surface area (TPSA) is 113 Å². The lowest BCUT2D eigenvalue weighted by atomic mass is 10.2. The molecule has 35 heavy (non-hydrogen) atoms. The quantitative estimate of drug-likeness (QED) is 0.197. The Balaban J connectivity index is 0.000000665. The van der Waals surface area contributed by atoms with Gasteiger partial charge in [-0.25, -0.2) is 0 Å². The summed E-state index contributed by atoms with van der Waals surface area (Å²) in [4.78, 5) is 35.3. The van der Waals surface area contributed by atoms with Crippen molar-refractivity contribution in [3.63, 3.8) is 0 Å². The van der Waals surface area contributed by atoms with Crippen molar-refractivity contribution < 1.29 is 19.5 Å². The summed E-state index contributed by atoms with van der Waals surface area (Å²) in [7, 11) is 0. The Labute approximate surface area is 211 Å². The number of aliphatic carboxylic acids is 1. The smallest absolute Gasteiger partial charge is 0.307 e. The molecule has 1 heterocycles. The molecule has 0 bridgehead atoms. The van der Waals surface area contributed by atoms with Gasteiger partial charge in [-0.1, -0.05) is 77.2 Å². The number of carboxylic acid groups (broad SMARTS) is 1. The van der Waals surface area contributed by atoms with E-state index in [0.29, 0.717) is 18.9 Å². The third kappa shape index (κ3) is 13.4. The standard InChI is InChI=1S/C15H21N3O2.C11H18O2.C2H6/c1-3-5-6-8-12(4-2)17-11-14(19)18-10-7-9-13(18)15(16)20;1-2-3-4-5-6-7-9-8-10(9)11(12)13;1-2/h3-6,8,13,17H,1-2,7,9-11H2,(H2,16,20);6-7,9-10H,2-5,8H2,1H3,(H,12,13);1-2H3/b6-5-,12-8+;7-6-;. The Hall–Kier alpha value is -3.09. The highest BCUT2D eigenvalue weighted by Gasteiger charge is 2.40. The van der Waals surface area contributed by atoms with Crippen LogP contribution in [0.4, 0.5) is 0 Å². The molecule has 7 nitrogen and oxygen atoms in total. The van der Waals surface area contributed by atoms with Gasteiger partial charge in [0.15, 0.2) is 0 Å². The largest absolute Gasteiger partial charge is 0.481 e. The zero-order chi connectivity index (χ0) is 26.6. The Morgan fingerprint density at radius 3 is 2.43 bits per heavy atom. The number of likely N-dealkylation sites (tertiary alicyclic amines) is 1. The lowest BCUT2D eigenvalue weighted by Gasteiger charge is -2.22. The van der Waals surface area contributed by atoms with Crippen molar-refractivity contribution >= 4 is 17.8 Å². The fraction of sp³-hybridized carbons (Fsp3) is 0.536. The Kier molecular flexibility index (Phi) is 17.5. The Morgan fingerprint density at radius 1 is 1.17 bits per heavy atom. The lowest BCUT2D eigenvalue weighted by Crippen LogP contribution is -2.46. The Bertz CT molecular complexity index is 770. The monoisotopic (exact) mass is 487 g/mol. The third-order valence-electron chi connectivity index (χ3n) is 5.60. The fourth-order valence-corrected chi connectivity index (χ4v) is 3.57. The SMILES string of the molecule is C=C/C=C\C=C(/C=C)NCC(=O)N1CCCC1C(N)=O.CC.CCCCC/C=C\C1CC1C(=O)O. The predicted molar refractivity (Wildman–Crippen MR) is 143 cm³/mol. The van der Waals surface area contributed by atoms with Crippen LogP contribution in [-0.4, -0.2) is 46.9 Å². The molecular formula is C28H45N3O4. The molecular weight excluding hydrogens is 442 g/mol. The van der Waals surface area contributed by atoms with Crippen LogP contribution in [-0.2, 0) is 14.4 Å². The number of amides is 2. The van der Waals surface area contributed by atoms with Gasteiger partial charge in [-0.3, -0.25) is 14.4 Å². The maximum absolute atomic E-state index is 12.1. The molecule has 4 N–H and O–H groups in total. The number of allylic oxidation sites excluding steroid dienone is 7. The van der Waals surface area contributed by atoms with Gasteiger partial charge in [-0.2, -0.15) is 0 Å². The Morgan fingerprint density at radius 2 is 1.89 bits per heavy atom. The van der Waals surface area contributed by atoms with E-state index in [0.717, 1.165) is 25.0 Å². The first-order valence-electron chi connectivity index (χ1n) is 12.7. The number of nitrogens with zero attached hydrogens (tertiary/aromatic N) is 1. The highest BCUT2D eigenvalue weighted by Crippen LogP contribution is 2.39. The summed E-state index contributed by atoms with van der Waals surface area (Å²) in [5.41, 5.74) is 6.02. The minimum absolute atomic E-state index is 0.0811. The first-order valence-corrected chi connectivity index (χ1v) is 12.7. The van der Waals surface area contributed by atoms with E-state index in [-0.39, 0.29) is 18.4 Å². The van der Waals surface area contributed by atoms with E-state index in [1.54, 1.807) is 30.4 Å². The van der Waals surface area contributed by atoms with E-state index >= 15 is 0 Å². The predicted octanol–water partition coefficient (Wildman–Crippen LogP) is 4.73. The van der Waals surface area contributed by atoms with Gasteiger partial charge in [0.2, 0.25) is 11.8 Å².